The first-order valence-corrected chi connectivity index (χ1v) is 9.44. The molecule has 0 N–H and O–H groups in total. The molecule has 0 radical (unpaired) electrons. The van der Waals surface area contributed by atoms with E-state index in [0.29, 0.717) is 25.4 Å². The van der Waals surface area contributed by atoms with Gasteiger partial charge >= 0.3 is 11.9 Å². The van der Waals surface area contributed by atoms with Crippen LogP contribution in [0, 0.1) is 5.92 Å². The Kier molecular flexibility index (Phi) is 10.2. The summed E-state index contributed by atoms with van der Waals surface area (Å²) < 4.78 is 10.3. The molecule has 0 saturated heterocycles. The van der Waals surface area contributed by atoms with Gasteiger partial charge in [-0.2, -0.15) is 0 Å². The number of hydrogen-bond acceptors (Lipinski definition) is 4. The number of carbonyl (C=O) groups is 2. The van der Waals surface area contributed by atoms with E-state index in [1.165, 1.54) is 12.1 Å². The van der Waals surface area contributed by atoms with Crippen LogP contribution in [-0.2, 0) is 14.3 Å². The van der Waals surface area contributed by atoms with Gasteiger partial charge in [0.05, 0.1) is 16.7 Å². The molecule has 1 aromatic carbocycles. The van der Waals surface area contributed by atoms with E-state index in [1.54, 1.807) is 0 Å². The van der Waals surface area contributed by atoms with Crippen LogP contribution in [0.1, 0.15) is 52.4 Å². The smallest absolute Gasteiger partial charge is 0.311 e. The number of benzene rings is 1. The first-order chi connectivity index (χ1) is 11.8. The van der Waals surface area contributed by atoms with Gasteiger partial charge in [0.25, 0.3) is 0 Å². The van der Waals surface area contributed by atoms with Gasteiger partial charge in [0.1, 0.15) is 5.02 Å². The molecular weight excluding hydrogens is 387 g/mol. The molecule has 0 fully saturated rings. The fraction of sp³-hybridized carbons (Fsp3) is 0.556. The van der Waals surface area contributed by atoms with Crippen molar-refractivity contribution in [2.24, 2.45) is 5.92 Å². The van der Waals surface area contributed by atoms with E-state index >= 15 is 0 Å². The van der Waals surface area contributed by atoms with Gasteiger partial charge in [-0.15, -0.1) is 0 Å². The zero-order valence-corrected chi connectivity index (χ0v) is 16.7. The highest BCUT2D eigenvalue weighted by Crippen LogP contribution is 2.38. The largest absolute Gasteiger partial charge is 0.466 e. The Morgan fingerprint density at radius 1 is 0.960 bits per heavy atom. The van der Waals surface area contributed by atoms with Crippen molar-refractivity contribution in [1.29, 1.82) is 0 Å². The van der Waals surface area contributed by atoms with E-state index in [2.05, 4.69) is 13.8 Å². The van der Waals surface area contributed by atoms with Crippen LogP contribution in [0.15, 0.2) is 12.1 Å². The molecule has 0 saturated carbocycles. The molecule has 0 bridgehead atoms. The molecule has 140 valence electrons. The quantitative estimate of drug-likeness (QED) is 0.203. The van der Waals surface area contributed by atoms with Crippen molar-refractivity contribution in [3.63, 3.8) is 0 Å². The van der Waals surface area contributed by atoms with Gasteiger partial charge in [0.2, 0.25) is 0 Å². The van der Waals surface area contributed by atoms with Crippen molar-refractivity contribution in [1.82, 2.24) is 0 Å². The normalized spacial score (nSPS) is 10.8. The van der Waals surface area contributed by atoms with Crippen LogP contribution in [0.5, 0.6) is 5.75 Å². The third-order valence-corrected chi connectivity index (χ3v) is 4.50. The van der Waals surface area contributed by atoms with Crippen LogP contribution >= 0.6 is 34.8 Å². The highest BCUT2D eigenvalue weighted by Gasteiger charge is 2.15. The van der Waals surface area contributed by atoms with E-state index < -0.39 is 5.97 Å². The van der Waals surface area contributed by atoms with E-state index in [-0.39, 0.29) is 39.6 Å². The Labute approximate surface area is 163 Å². The fourth-order valence-electron chi connectivity index (χ4n) is 2.06. The number of rotatable bonds is 10. The molecule has 0 aromatic heterocycles. The van der Waals surface area contributed by atoms with Crippen LogP contribution < -0.4 is 4.74 Å². The minimum atomic E-state index is -0.476. The Morgan fingerprint density at radius 3 is 2.20 bits per heavy atom. The SMILES string of the molecule is CC(C)CCCOC(=O)CCCCC(=O)Oc1c(Cl)ccc(Cl)c1Cl. The lowest BCUT2D eigenvalue weighted by atomic mass is 10.1. The van der Waals surface area contributed by atoms with Crippen molar-refractivity contribution >= 4 is 46.7 Å². The lowest BCUT2D eigenvalue weighted by Crippen LogP contribution is -2.10. The standard InChI is InChI=1S/C18H23Cl3O4/c1-12(2)6-5-11-24-15(22)7-3-4-8-16(23)25-18-14(20)10-9-13(19)17(18)21/h9-10,12H,3-8,11H2,1-2H3. The minimum Gasteiger partial charge on any atom is -0.466 e. The second-order valence-electron chi connectivity index (χ2n) is 6.11. The summed E-state index contributed by atoms with van der Waals surface area (Å²) in [7, 11) is 0. The van der Waals surface area contributed by atoms with Gasteiger partial charge in [-0.05, 0) is 43.7 Å². The molecule has 0 spiro atoms. The number of ether oxygens (including phenoxy) is 2. The van der Waals surface area contributed by atoms with E-state index in [1.807, 2.05) is 0 Å². The number of hydrogen-bond donors (Lipinski definition) is 0. The molecule has 0 aliphatic heterocycles. The molecule has 0 aliphatic carbocycles. The predicted octanol–water partition coefficient (Wildman–Crippen LogP) is 6.09. The molecule has 0 aliphatic rings. The monoisotopic (exact) mass is 408 g/mol. The molecule has 7 heteroatoms. The van der Waals surface area contributed by atoms with Gasteiger partial charge in [-0.1, -0.05) is 48.7 Å². The summed E-state index contributed by atoms with van der Waals surface area (Å²) in [5.74, 6) is -0.0500. The topological polar surface area (TPSA) is 52.6 Å². The lowest BCUT2D eigenvalue weighted by Gasteiger charge is -2.09. The van der Waals surface area contributed by atoms with Crippen LogP contribution in [0.4, 0.5) is 0 Å². The first kappa shape index (κ1) is 22.1. The maximum Gasteiger partial charge on any atom is 0.311 e. The summed E-state index contributed by atoms with van der Waals surface area (Å²) in [5.41, 5.74) is 0. The van der Waals surface area contributed by atoms with Gasteiger partial charge < -0.3 is 9.47 Å². The van der Waals surface area contributed by atoms with Crippen molar-refractivity contribution in [2.45, 2.75) is 52.4 Å². The molecule has 25 heavy (non-hydrogen) atoms. The summed E-state index contributed by atoms with van der Waals surface area (Å²) >= 11 is 17.8. The van der Waals surface area contributed by atoms with Crippen molar-refractivity contribution in [3.8, 4) is 5.75 Å². The van der Waals surface area contributed by atoms with E-state index in [4.69, 9.17) is 44.3 Å². The molecule has 0 atom stereocenters. The van der Waals surface area contributed by atoms with Gasteiger partial charge in [0.15, 0.2) is 5.75 Å². The summed E-state index contributed by atoms with van der Waals surface area (Å²) in [6, 6.07) is 3.03. The Bertz CT molecular complexity index is 588. The number of halogens is 3. The summed E-state index contributed by atoms with van der Waals surface area (Å²) in [6.07, 6.45) is 3.41. The predicted molar refractivity (Wildman–Crippen MR) is 101 cm³/mol. The average molecular weight is 410 g/mol. The Hall–Kier alpha value is -0.970. The lowest BCUT2D eigenvalue weighted by molar-refractivity contribution is -0.144. The first-order valence-electron chi connectivity index (χ1n) is 8.31. The molecule has 0 unspecified atom stereocenters. The third-order valence-electron chi connectivity index (χ3n) is 3.42. The van der Waals surface area contributed by atoms with Crippen molar-refractivity contribution in [2.75, 3.05) is 6.61 Å². The van der Waals surface area contributed by atoms with Crippen molar-refractivity contribution < 1.29 is 19.1 Å². The number of carbonyl (C=O) groups excluding carboxylic acids is 2. The molecule has 1 rings (SSSR count). The van der Waals surface area contributed by atoms with E-state index in [9.17, 15) is 9.59 Å². The average Bonchev–Trinajstić information content (AvgIpc) is 2.56. The zero-order chi connectivity index (χ0) is 18.8. The van der Waals surface area contributed by atoms with Crippen LogP contribution in [0.25, 0.3) is 0 Å². The maximum atomic E-state index is 11.8. The zero-order valence-electron chi connectivity index (χ0n) is 14.4. The van der Waals surface area contributed by atoms with Crippen LogP contribution in [0.3, 0.4) is 0 Å². The van der Waals surface area contributed by atoms with Crippen LogP contribution in [0.2, 0.25) is 15.1 Å². The summed E-state index contributed by atoms with van der Waals surface area (Å²) in [6.45, 7) is 4.71. The van der Waals surface area contributed by atoms with E-state index in [0.717, 1.165) is 12.8 Å². The number of esters is 2. The second-order valence-corrected chi connectivity index (χ2v) is 7.30. The third kappa shape index (κ3) is 8.80. The van der Waals surface area contributed by atoms with Crippen LogP contribution in [-0.4, -0.2) is 18.5 Å². The minimum absolute atomic E-state index is 0.0606. The Balaban J connectivity index is 2.23. The van der Waals surface area contributed by atoms with Gasteiger partial charge in [0, 0.05) is 12.8 Å². The molecule has 4 nitrogen and oxygen atoms in total. The summed E-state index contributed by atoms with van der Waals surface area (Å²) in [4.78, 5) is 23.4. The van der Waals surface area contributed by atoms with Gasteiger partial charge in [-0.25, -0.2) is 0 Å². The molecule has 0 heterocycles. The molecule has 0 amide bonds. The van der Waals surface area contributed by atoms with Gasteiger partial charge in [-0.3, -0.25) is 9.59 Å². The molecular formula is C18H23Cl3O4. The highest BCUT2D eigenvalue weighted by molar-refractivity contribution is 6.44. The Morgan fingerprint density at radius 2 is 1.56 bits per heavy atom. The van der Waals surface area contributed by atoms with Crippen molar-refractivity contribution in [3.05, 3.63) is 27.2 Å². The highest BCUT2D eigenvalue weighted by atomic mass is 35.5. The molecule has 1 aromatic rings. The fourth-order valence-corrected chi connectivity index (χ4v) is 2.65. The number of unbranched alkanes of at least 4 members (excludes halogenated alkanes) is 1. The second kappa shape index (κ2) is 11.6. The summed E-state index contributed by atoms with van der Waals surface area (Å²) in [5, 5.41) is 0.578. The maximum absolute atomic E-state index is 11.8.